The second-order valence-electron chi connectivity index (χ2n) is 4.97. The summed E-state index contributed by atoms with van der Waals surface area (Å²) < 4.78 is 16.5. The highest BCUT2D eigenvalue weighted by Crippen LogP contribution is 2.28. The summed E-state index contributed by atoms with van der Waals surface area (Å²) in [6, 6.07) is 9.34. The van der Waals surface area contributed by atoms with E-state index in [4.69, 9.17) is 11.6 Å². The summed E-state index contributed by atoms with van der Waals surface area (Å²) in [6.45, 7) is 4.11. The molecule has 0 saturated carbocycles. The van der Waals surface area contributed by atoms with Gasteiger partial charge in [-0.05, 0) is 59.7 Å². The Morgan fingerprint density at radius 1 is 1.29 bits per heavy atom. The number of alkyl halides is 1. The minimum absolute atomic E-state index is 0.240. The van der Waals surface area contributed by atoms with Crippen molar-refractivity contribution in [3.8, 4) is 5.69 Å². The lowest BCUT2D eigenvalue weighted by atomic mass is 10.1. The number of imidazole rings is 1. The number of benzene rings is 2. The molecule has 0 unspecified atom stereocenters. The normalized spacial score (nSPS) is 11.3. The van der Waals surface area contributed by atoms with Crippen LogP contribution in [0, 0.1) is 23.2 Å². The molecule has 0 spiro atoms. The summed E-state index contributed by atoms with van der Waals surface area (Å²) >= 11 is 8.02. The Labute approximate surface area is 141 Å². The monoisotopic (exact) mass is 414 g/mol. The van der Waals surface area contributed by atoms with Gasteiger partial charge in [0, 0.05) is 6.07 Å². The van der Waals surface area contributed by atoms with E-state index in [2.05, 4.69) is 24.9 Å². The Kier molecular flexibility index (Phi) is 3.92. The molecule has 1 aromatic heterocycles. The largest absolute Gasteiger partial charge is 0.295 e. The van der Waals surface area contributed by atoms with Crippen LogP contribution in [0.4, 0.5) is 4.39 Å². The number of fused-ring (bicyclic) bond motifs is 1. The Morgan fingerprint density at radius 2 is 2.05 bits per heavy atom. The maximum atomic E-state index is 14.0. The van der Waals surface area contributed by atoms with Crippen molar-refractivity contribution < 1.29 is 4.39 Å². The molecule has 0 aliphatic carbocycles. The van der Waals surface area contributed by atoms with E-state index in [1.165, 1.54) is 11.6 Å². The zero-order valence-corrected chi connectivity index (χ0v) is 14.5. The number of aryl methyl sites for hydroxylation is 1. The second kappa shape index (κ2) is 5.57. The van der Waals surface area contributed by atoms with E-state index in [9.17, 15) is 4.39 Å². The van der Waals surface area contributed by atoms with Crippen molar-refractivity contribution >= 4 is 45.2 Å². The second-order valence-corrected chi connectivity index (χ2v) is 6.40. The molecule has 0 aliphatic rings. The Morgan fingerprint density at radius 3 is 2.76 bits per heavy atom. The fraction of sp³-hybridized carbons (Fsp3) is 0.188. The van der Waals surface area contributed by atoms with Gasteiger partial charge in [0.25, 0.3) is 0 Å². The lowest BCUT2D eigenvalue weighted by Gasteiger charge is -2.13. The molecule has 1 heterocycles. The summed E-state index contributed by atoms with van der Waals surface area (Å²) in [5.41, 5.74) is 4.83. The third-order valence-corrected chi connectivity index (χ3v) is 4.77. The van der Waals surface area contributed by atoms with Gasteiger partial charge in [-0.3, -0.25) is 4.57 Å². The fourth-order valence-electron chi connectivity index (χ4n) is 2.46. The number of nitrogens with zero attached hydrogens (tertiary/aromatic N) is 2. The van der Waals surface area contributed by atoms with E-state index < -0.39 is 0 Å². The van der Waals surface area contributed by atoms with E-state index >= 15 is 0 Å². The number of rotatable bonds is 2. The minimum Gasteiger partial charge on any atom is -0.295 e. The maximum absolute atomic E-state index is 14.0. The van der Waals surface area contributed by atoms with Gasteiger partial charge in [0.05, 0.1) is 26.2 Å². The van der Waals surface area contributed by atoms with Crippen molar-refractivity contribution in [2.24, 2.45) is 0 Å². The van der Waals surface area contributed by atoms with Gasteiger partial charge in [-0.15, -0.1) is 11.6 Å². The number of aromatic nitrogens is 2. The molecule has 0 bridgehead atoms. The quantitative estimate of drug-likeness (QED) is 0.420. The van der Waals surface area contributed by atoms with Crippen LogP contribution in [0.25, 0.3) is 16.7 Å². The number of hydrogen-bond donors (Lipinski definition) is 0. The predicted molar refractivity (Wildman–Crippen MR) is 92.8 cm³/mol. The highest BCUT2D eigenvalue weighted by molar-refractivity contribution is 14.1. The lowest BCUT2D eigenvalue weighted by molar-refractivity contribution is 0.621. The molecule has 0 atom stereocenters. The summed E-state index contributed by atoms with van der Waals surface area (Å²) in [5.74, 6) is 0.762. The van der Waals surface area contributed by atoms with Gasteiger partial charge in [0.15, 0.2) is 0 Å². The molecule has 108 valence electrons. The van der Waals surface area contributed by atoms with Crippen LogP contribution in [0.1, 0.15) is 17.0 Å². The molecular formula is C16H13ClFIN2. The molecule has 0 aliphatic heterocycles. The van der Waals surface area contributed by atoms with Crippen LogP contribution >= 0.6 is 34.2 Å². The van der Waals surface area contributed by atoms with Crippen molar-refractivity contribution in [2.75, 3.05) is 0 Å². The summed E-state index contributed by atoms with van der Waals surface area (Å²) in [6.07, 6.45) is 0. The summed E-state index contributed by atoms with van der Waals surface area (Å²) in [4.78, 5) is 4.54. The van der Waals surface area contributed by atoms with Crippen LogP contribution in [0.5, 0.6) is 0 Å². The SMILES string of the molecule is Cc1cccc(-n2c(CCl)nc3cc(I)c(F)cc32)c1C. The van der Waals surface area contributed by atoms with Gasteiger partial charge < -0.3 is 0 Å². The van der Waals surface area contributed by atoms with Gasteiger partial charge in [-0.2, -0.15) is 0 Å². The first kappa shape index (κ1) is 14.8. The lowest BCUT2D eigenvalue weighted by Crippen LogP contribution is -2.02. The first-order valence-corrected chi connectivity index (χ1v) is 8.13. The molecule has 0 radical (unpaired) electrons. The molecule has 21 heavy (non-hydrogen) atoms. The van der Waals surface area contributed by atoms with Crippen LogP contribution in [0.15, 0.2) is 30.3 Å². The van der Waals surface area contributed by atoms with E-state index in [1.54, 1.807) is 6.07 Å². The third kappa shape index (κ3) is 2.44. The minimum atomic E-state index is -0.240. The molecule has 0 saturated heterocycles. The molecule has 0 N–H and O–H groups in total. The van der Waals surface area contributed by atoms with Crippen molar-refractivity contribution in [1.29, 1.82) is 0 Å². The topological polar surface area (TPSA) is 17.8 Å². The summed E-state index contributed by atoms with van der Waals surface area (Å²) in [7, 11) is 0. The fourth-order valence-corrected chi connectivity index (χ4v) is 3.09. The third-order valence-electron chi connectivity index (χ3n) is 3.70. The van der Waals surface area contributed by atoms with Gasteiger partial charge in [-0.1, -0.05) is 12.1 Å². The molecule has 3 rings (SSSR count). The zero-order valence-electron chi connectivity index (χ0n) is 11.6. The van der Waals surface area contributed by atoms with Gasteiger partial charge in [0.1, 0.15) is 11.6 Å². The van der Waals surface area contributed by atoms with Crippen molar-refractivity contribution in [3.63, 3.8) is 0 Å². The number of halogens is 3. The first-order chi connectivity index (χ1) is 10.0. The van der Waals surface area contributed by atoms with E-state index in [-0.39, 0.29) is 11.7 Å². The van der Waals surface area contributed by atoms with Crippen LogP contribution in [-0.2, 0) is 5.88 Å². The Hall–Kier alpha value is -1.14. The average molecular weight is 415 g/mol. The molecule has 5 heteroatoms. The van der Waals surface area contributed by atoms with E-state index in [0.717, 1.165) is 28.1 Å². The molecule has 3 aromatic rings. The van der Waals surface area contributed by atoms with Crippen LogP contribution in [-0.4, -0.2) is 9.55 Å². The van der Waals surface area contributed by atoms with Crippen molar-refractivity contribution in [2.45, 2.75) is 19.7 Å². The highest BCUT2D eigenvalue weighted by Gasteiger charge is 2.16. The molecule has 0 fully saturated rings. The molecular weight excluding hydrogens is 402 g/mol. The molecule has 0 amide bonds. The smallest absolute Gasteiger partial charge is 0.138 e. The van der Waals surface area contributed by atoms with Crippen LogP contribution < -0.4 is 0 Å². The van der Waals surface area contributed by atoms with Crippen LogP contribution in [0.3, 0.4) is 0 Å². The molecule has 2 nitrogen and oxygen atoms in total. The van der Waals surface area contributed by atoms with Gasteiger partial charge in [-0.25, -0.2) is 9.37 Å². The standard InChI is InChI=1S/C16H13ClFIN2/c1-9-4-3-5-14(10(9)2)21-15-6-11(18)12(19)7-13(15)20-16(21)8-17/h3-7H,8H2,1-2H3. The van der Waals surface area contributed by atoms with Gasteiger partial charge >= 0.3 is 0 Å². The highest BCUT2D eigenvalue weighted by atomic mass is 127. The predicted octanol–water partition coefficient (Wildman–Crippen LogP) is 5.12. The van der Waals surface area contributed by atoms with E-state index in [1.807, 2.05) is 39.3 Å². The van der Waals surface area contributed by atoms with Crippen molar-refractivity contribution in [3.05, 3.63) is 56.7 Å². The van der Waals surface area contributed by atoms with Gasteiger partial charge in [0.2, 0.25) is 0 Å². The maximum Gasteiger partial charge on any atom is 0.138 e. The molecule has 2 aromatic carbocycles. The van der Waals surface area contributed by atoms with E-state index in [0.29, 0.717) is 3.57 Å². The zero-order chi connectivity index (χ0) is 15.1. The first-order valence-electron chi connectivity index (χ1n) is 6.52. The summed E-state index contributed by atoms with van der Waals surface area (Å²) in [5, 5.41) is 0. The number of hydrogen-bond acceptors (Lipinski definition) is 1. The Balaban J connectivity index is 2.40. The average Bonchev–Trinajstić information content (AvgIpc) is 2.80. The van der Waals surface area contributed by atoms with Crippen molar-refractivity contribution in [1.82, 2.24) is 9.55 Å². The van der Waals surface area contributed by atoms with Crippen LogP contribution in [0.2, 0.25) is 0 Å². The Bertz CT molecular complexity index is 842.